The largest absolute Gasteiger partial charge is 0.333 e. The molecule has 2 N–H and O–H groups in total. The van der Waals surface area contributed by atoms with Crippen LogP contribution in [0.3, 0.4) is 0 Å². The molecule has 1 aromatic heterocycles. The third-order valence-corrected chi connectivity index (χ3v) is 3.77. The zero-order chi connectivity index (χ0) is 13.8. The van der Waals surface area contributed by atoms with Gasteiger partial charge in [-0.15, -0.1) is 0 Å². The molecular formula is C14H24N4O. The first-order valence-corrected chi connectivity index (χ1v) is 7.12. The molecule has 0 radical (unpaired) electrons. The van der Waals surface area contributed by atoms with Gasteiger partial charge in [0.05, 0.1) is 6.54 Å². The van der Waals surface area contributed by atoms with Gasteiger partial charge in [0.2, 0.25) is 5.91 Å². The number of fused-ring (bicyclic) bond motifs is 1. The number of hydrogen-bond donors (Lipinski definition) is 1. The predicted octanol–water partition coefficient (Wildman–Crippen LogP) is 1.38. The van der Waals surface area contributed by atoms with E-state index in [2.05, 4.69) is 9.55 Å². The molecule has 19 heavy (non-hydrogen) atoms. The standard InChI is InChI=1S/C14H24N4O/c1-11(4-3-5-12(2)15)14(19)18-9-8-17-7-6-16-13(17)10-18/h6-7,11-12H,3-5,8-10,15H2,1-2H3. The van der Waals surface area contributed by atoms with E-state index in [1.165, 1.54) is 0 Å². The zero-order valence-corrected chi connectivity index (χ0v) is 11.9. The van der Waals surface area contributed by atoms with E-state index in [-0.39, 0.29) is 17.9 Å². The molecule has 106 valence electrons. The molecule has 2 atom stereocenters. The van der Waals surface area contributed by atoms with Crippen molar-refractivity contribution in [2.75, 3.05) is 6.54 Å². The van der Waals surface area contributed by atoms with Crippen molar-refractivity contribution in [2.45, 2.75) is 52.2 Å². The number of carbonyl (C=O) groups is 1. The van der Waals surface area contributed by atoms with Crippen LogP contribution in [-0.4, -0.2) is 32.9 Å². The molecule has 1 aliphatic rings. The summed E-state index contributed by atoms with van der Waals surface area (Å²) in [6, 6.07) is 0.227. The summed E-state index contributed by atoms with van der Waals surface area (Å²) in [7, 11) is 0. The highest BCUT2D eigenvalue weighted by Gasteiger charge is 2.24. The van der Waals surface area contributed by atoms with Crippen LogP contribution in [-0.2, 0) is 17.9 Å². The van der Waals surface area contributed by atoms with Crippen LogP contribution in [0.1, 0.15) is 38.9 Å². The molecule has 0 fully saturated rings. The second-order valence-electron chi connectivity index (χ2n) is 5.61. The normalized spacial score (nSPS) is 17.9. The quantitative estimate of drug-likeness (QED) is 0.874. The lowest BCUT2D eigenvalue weighted by molar-refractivity contribution is -0.136. The van der Waals surface area contributed by atoms with E-state index in [4.69, 9.17) is 5.73 Å². The molecule has 0 saturated carbocycles. The summed E-state index contributed by atoms with van der Waals surface area (Å²) in [4.78, 5) is 18.6. The monoisotopic (exact) mass is 264 g/mol. The Labute approximate surface area is 114 Å². The van der Waals surface area contributed by atoms with Gasteiger partial charge in [0.1, 0.15) is 5.82 Å². The van der Waals surface area contributed by atoms with Crippen molar-refractivity contribution < 1.29 is 4.79 Å². The van der Waals surface area contributed by atoms with Gasteiger partial charge in [0, 0.05) is 37.4 Å². The number of rotatable bonds is 5. The molecule has 0 bridgehead atoms. The summed E-state index contributed by atoms with van der Waals surface area (Å²) in [5.74, 6) is 1.32. The van der Waals surface area contributed by atoms with Gasteiger partial charge in [-0.3, -0.25) is 4.79 Å². The number of aromatic nitrogens is 2. The van der Waals surface area contributed by atoms with Gasteiger partial charge in [-0.1, -0.05) is 13.3 Å². The summed E-state index contributed by atoms with van der Waals surface area (Å²) >= 11 is 0. The van der Waals surface area contributed by atoms with Crippen molar-refractivity contribution in [3.05, 3.63) is 18.2 Å². The van der Waals surface area contributed by atoms with Gasteiger partial charge in [-0.2, -0.15) is 0 Å². The summed E-state index contributed by atoms with van der Waals surface area (Å²) in [5, 5.41) is 0. The molecule has 0 aliphatic carbocycles. The lowest BCUT2D eigenvalue weighted by atomic mass is 10.0. The van der Waals surface area contributed by atoms with Crippen molar-refractivity contribution in [3.8, 4) is 0 Å². The van der Waals surface area contributed by atoms with E-state index >= 15 is 0 Å². The average Bonchev–Trinajstić information content (AvgIpc) is 2.84. The number of hydrogen-bond acceptors (Lipinski definition) is 3. The molecule has 0 saturated heterocycles. The van der Waals surface area contributed by atoms with E-state index < -0.39 is 0 Å². The van der Waals surface area contributed by atoms with Crippen LogP contribution in [0.25, 0.3) is 0 Å². The van der Waals surface area contributed by atoms with Crippen molar-refractivity contribution in [2.24, 2.45) is 11.7 Å². The average molecular weight is 264 g/mol. The summed E-state index contributed by atoms with van der Waals surface area (Å²) in [5.41, 5.74) is 5.73. The Morgan fingerprint density at radius 1 is 1.42 bits per heavy atom. The lowest BCUT2D eigenvalue weighted by Crippen LogP contribution is -2.41. The van der Waals surface area contributed by atoms with Crippen molar-refractivity contribution in [1.29, 1.82) is 0 Å². The third-order valence-electron chi connectivity index (χ3n) is 3.77. The molecule has 5 heteroatoms. The Kier molecular flexibility index (Phi) is 4.58. The van der Waals surface area contributed by atoms with Gasteiger partial charge in [0.15, 0.2) is 0 Å². The molecule has 0 spiro atoms. The number of amides is 1. The lowest BCUT2D eigenvalue weighted by Gasteiger charge is -2.30. The molecule has 2 rings (SSSR count). The van der Waals surface area contributed by atoms with Crippen LogP contribution in [0.15, 0.2) is 12.4 Å². The third kappa shape index (κ3) is 3.56. The second kappa shape index (κ2) is 6.19. The van der Waals surface area contributed by atoms with Gasteiger partial charge < -0.3 is 15.2 Å². The van der Waals surface area contributed by atoms with Crippen molar-refractivity contribution >= 4 is 5.91 Å². The molecule has 2 heterocycles. The van der Waals surface area contributed by atoms with Crippen LogP contribution < -0.4 is 5.73 Å². The molecule has 5 nitrogen and oxygen atoms in total. The SMILES string of the molecule is CC(N)CCCC(C)C(=O)N1CCn2ccnc2C1. The van der Waals surface area contributed by atoms with Gasteiger partial charge in [-0.25, -0.2) is 4.98 Å². The topological polar surface area (TPSA) is 64.2 Å². The van der Waals surface area contributed by atoms with Gasteiger partial charge >= 0.3 is 0 Å². The van der Waals surface area contributed by atoms with Crippen LogP contribution >= 0.6 is 0 Å². The first-order chi connectivity index (χ1) is 9.08. The van der Waals surface area contributed by atoms with E-state index in [0.29, 0.717) is 6.54 Å². The molecule has 1 aromatic rings. The van der Waals surface area contributed by atoms with E-state index in [9.17, 15) is 4.79 Å². The van der Waals surface area contributed by atoms with Crippen LogP contribution in [0, 0.1) is 5.92 Å². The molecule has 1 aliphatic heterocycles. The Bertz CT molecular complexity index is 427. The van der Waals surface area contributed by atoms with Crippen molar-refractivity contribution in [3.63, 3.8) is 0 Å². The summed E-state index contributed by atoms with van der Waals surface area (Å²) in [6.07, 6.45) is 6.71. The number of imidazole rings is 1. The Hall–Kier alpha value is -1.36. The Balaban J connectivity index is 1.83. The summed E-state index contributed by atoms with van der Waals surface area (Å²) < 4.78 is 2.12. The van der Waals surface area contributed by atoms with Crippen LogP contribution in [0.2, 0.25) is 0 Å². The highest BCUT2D eigenvalue weighted by Crippen LogP contribution is 2.17. The maximum Gasteiger partial charge on any atom is 0.225 e. The van der Waals surface area contributed by atoms with E-state index in [0.717, 1.165) is 38.2 Å². The fourth-order valence-electron chi connectivity index (χ4n) is 2.54. The van der Waals surface area contributed by atoms with Crippen LogP contribution in [0.5, 0.6) is 0 Å². The highest BCUT2D eigenvalue weighted by molar-refractivity contribution is 5.78. The molecule has 0 aromatic carbocycles. The van der Waals surface area contributed by atoms with Crippen molar-refractivity contribution in [1.82, 2.24) is 14.5 Å². The van der Waals surface area contributed by atoms with Gasteiger partial charge in [-0.05, 0) is 19.8 Å². The second-order valence-corrected chi connectivity index (χ2v) is 5.61. The Morgan fingerprint density at radius 2 is 2.21 bits per heavy atom. The highest BCUT2D eigenvalue weighted by atomic mass is 16.2. The Morgan fingerprint density at radius 3 is 2.95 bits per heavy atom. The predicted molar refractivity (Wildman–Crippen MR) is 74.3 cm³/mol. The number of nitrogens with two attached hydrogens (primary N) is 1. The minimum atomic E-state index is 0.0836. The fraction of sp³-hybridized carbons (Fsp3) is 0.714. The number of carbonyl (C=O) groups excluding carboxylic acids is 1. The summed E-state index contributed by atoms with van der Waals surface area (Å²) in [6.45, 7) is 6.32. The first-order valence-electron chi connectivity index (χ1n) is 7.12. The number of nitrogens with zero attached hydrogens (tertiary/aromatic N) is 3. The molecular weight excluding hydrogens is 240 g/mol. The maximum absolute atomic E-state index is 12.4. The first kappa shape index (κ1) is 14.1. The minimum absolute atomic E-state index is 0.0836. The molecule has 2 unspecified atom stereocenters. The molecule has 1 amide bonds. The van der Waals surface area contributed by atoms with Gasteiger partial charge in [0.25, 0.3) is 0 Å². The van der Waals surface area contributed by atoms with E-state index in [1.54, 1.807) is 6.20 Å². The van der Waals surface area contributed by atoms with E-state index in [1.807, 2.05) is 24.9 Å². The van der Waals surface area contributed by atoms with Crippen LogP contribution in [0.4, 0.5) is 0 Å². The smallest absolute Gasteiger partial charge is 0.225 e. The maximum atomic E-state index is 12.4. The fourth-order valence-corrected chi connectivity index (χ4v) is 2.54. The minimum Gasteiger partial charge on any atom is -0.333 e. The zero-order valence-electron chi connectivity index (χ0n) is 11.9.